The smallest absolute Gasteiger partial charge is 0.265 e. The van der Waals surface area contributed by atoms with Gasteiger partial charge in [-0.25, -0.2) is 0 Å². The van der Waals surface area contributed by atoms with Gasteiger partial charge in [-0.3, -0.25) is 4.79 Å². The van der Waals surface area contributed by atoms with Gasteiger partial charge in [-0.2, -0.15) is 0 Å². The highest BCUT2D eigenvalue weighted by molar-refractivity contribution is 7.08. The van der Waals surface area contributed by atoms with Crippen LogP contribution >= 0.6 is 11.5 Å². The second-order valence-corrected chi connectivity index (χ2v) is 6.09. The molecule has 2 aromatic rings. The second-order valence-electron chi connectivity index (χ2n) is 5.34. The molecule has 22 heavy (non-hydrogen) atoms. The van der Waals surface area contributed by atoms with E-state index in [1.807, 2.05) is 52.0 Å². The summed E-state index contributed by atoms with van der Waals surface area (Å²) < 4.78 is 9.54. The number of carbonyl (C=O) groups excluding carboxylic acids is 1. The van der Waals surface area contributed by atoms with E-state index < -0.39 is 0 Å². The van der Waals surface area contributed by atoms with Crippen LogP contribution in [0.4, 0.5) is 0 Å². The maximum atomic E-state index is 12.3. The number of benzene rings is 1. The number of nitrogens with zero attached hydrogens (tertiary/aromatic N) is 2. The fraction of sp³-hybridized carbons (Fsp3) is 0.438. The maximum absolute atomic E-state index is 12.3. The molecule has 1 aromatic heterocycles. The highest BCUT2D eigenvalue weighted by Gasteiger charge is 2.18. The summed E-state index contributed by atoms with van der Waals surface area (Å²) >= 11 is 1.13. The van der Waals surface area contributed by atoms with Gasteiger partial charge in [0.15, 0.2) is 0 Å². The van der Waals surface area contributed by atoms with E-state index in [1.165, 1.54) is 0 Å². The Labute approximate surface area is 134 Å². The largest absolute Gasteiger partial charge is 0.491 e. The summed E-state index contributed by atoms with van der Waals surface area (Å²) in [5.74, 6) is 0.678. The topological polar surface area (TPSA) is 64.1 Å². The zero-order chi connectivity index (χ0) is 16.1. The molecule has 0 aliphatic rings. The second kappa shape index (κ2) is 7.35. The van der Waals surface area contributed by atoms with Crippen LogP contribution < -0.4 is 10.1 Å². The number of aromatic nitrogens is 2. The van der Waals surface area contributed by atoms with Crippen LogP contribution in [-0.2, 0) is 6.42 Å². The monoisotopic (exact) mass is 319 g/mol. The lowest BCUT2D eigenvalue weighted by atomic mass is 10.1. The molecular weight excluding hydrogens is 298 g/mol. The zero-order valence-corrected chi connectivity index (χ0v) is 14.1. The molecule has 1 atom stereocenters. The van der Waals surface area contributed by atoms with Gasteiger partial charge >= 0.3 is 0 Å². The summed E-state index contributed by atoms with van der Waals surface area (Å²) in [4.78, 5) is 12.9. The molecule has 5 nitrogen and oxygen atoms in total. The molecule has 0 radical (unpaired) electrons. The van der Waals surface area contributed by atoms with Crippen molar-refractivity contribution in [2.75, 3.05) is 0 Å². The number of aryl methyl sites for hydroxylation is 1. The highest BCUT2D eigenvalue weighted by Crippen LogP contribution is 2.21. The van der Waals surface area contributed by atoms with Crippen molar-refractivity contribution >= 4 is 17.4 Å². The van der Waals surface area contributed by atoms with Gasteiger partial charge in [0.2, 0.25) is 0 Å². The van der Waals surface area contributed by atoms with Gasteiger partial charge in [-0.1, -0.05) is 23.5 Å². The molecule has 0 saturated heterocycles. The highest BCUT2D eigenvalue weighted by atomic mass is 32.1. The molecule has 0 saturated carbocycles. The predicted molar refractivity (Wildman–Crippen MR) is 87.4 cm³/mol. The van der Waals surface area contributed by atoms with Crippen molar-refractivity contribution in [3.05, 3.63) is 40.4 Å². The molecule has 0 bridgehead atoms. The van der Waals surface area contributed by atoms with Crippen molar-refractivity contribution in [2.24, 2.45) is 0 Å². The van der Waals surface area contributed by atoms with Gasteiger partial charge in [0, 0.05) is 0 Å². The number of carbonyl (C=O) groups is 1. The average Bonchev–Trinajstić information content (AvgIpc) is 2.95. The minimum atomic E-state index is -0.130. The van der Waals surface area contributed by atoms with E-state index >= 15 is 0 Å². The van der Waals surface area contributed by atoms with Gasteiger partial charge in [-0.15, -0.1) is 5.10 Å². The fourth-order valence-electron chi connectivity index (χ4n) is 2.09. The van der Waals surface area contributed by atoms with Crippen LogP contribution in [0.25, 0.3) is 0 Å². The molecule has 1 aromatic carbocycles. The SMILES string of the molecule is CCc1nnsc1C(=O)N[C@H](C)c1cccc(OC(C)C)c1. The van der Waals surface area contributed by atoms with Crippen LogP contribution in [0.3, 0.4) is 0 Å². The standard InChI is InChI=1S/C16H21N3O2S/c1-5-14-15(22-19-18-14)16(20)17-11(4)12-7-6-8-13(9-12)21-10(2)3/h6-11H,5H2,1-4H3,(H,17,20)/t11-/m1/s1. The van der Waals surface area contributed by atoms with Crippen LogP contribution in [-0.4, -0.2) is 21.6 Å². The van der Waals surface area contributed by atoms with Crippen molar-refractivity contribution < 1.29 is 9.53 Å². The summed E-state index contributed by atoms with van der Waals surface area (Å²) in [7, 11) is 0. The van der Waals surface area contributed by atoms with Crippen LogP contribution in [0.1, 0.15) is 54.7 Å². The van der Waals surface area contributed by atoms with Gasteiger partial charge in [0.05, 0.1) is 17.8 Å². The van der Waals surface area contributed by atoms with Gasteiger partial charge in [-0.05, 0) is 56.4 Å². The molecular formula is C16H21N3O2S. The van der Waals surface area contributed by atoms with E-state index in [9.17, 15) is 4.79 Å². The molecule has 2 rings (SSSR count). The van der Waals surface area contributed by atoms with E-state index in [1.54, 1.807) is 0 Å². The van der Waals surface area contributed by atoms with Crippen LogP contribution in [0.5, 0.6) is 5.75 Å². The number of rotatable bonds is 6. The third-order valence-electron chi connectivity index (χ3n) is 3.17. The molecule has 1 heterocycles. The first kappa shape index (κ1) is 16.4. The molecule has 118 valence electrons. The first-order valence-corrected chi connectivity index (χ1v) is 8.17. The van der Waals surface area contributed by atoms with Crippen molar-refractivity contribution in [3.63, 3.8) is 0 Å². The number of amides is 1. The maximum Gasteiger partial charge on any atom is 0.265 e. The summed E-state index contributed by atoms with van der Waals surface area (Å²) in [6, 6.07) is 7.66. The molecule has 0 aliphatic carbocycles. The van der Waals surface area contributed by atoms with Gasteiger partial charge in [0.1, 0.15) is 10.6 Å². The first-order valence-electron chi connectivity index (χ1n) is 7.40. The molecule has 0 fully saturated rings. The van der Waals surface area contributed by atoms with Crippen molar-refractivity contribution in [1.82, 2.24) is 14.9 Å². The number of hydrogen-bond acceptors (Lipinski definition) is 5. The number of ether oxygens (including phenoxy) is 1. The molecule has 0 aliphatic heterocycles. The van der Waals surface area contributed by atoms with E-state index in [0.29, 0.717) is 11.3 Å². The number of hydrogen-bond donors (Lipinski definition) is 1. The van der Waals surface area contributed by atoms with Gasteiger partial charge < -0.3 is 10.1 Å². The minimum Gasteiger partial charge on any atom is -0.491 e. The fourth-order valence-corrected chi connectivity index (χ4v) is 2.74. The lowest BCUT2D eigenvalue weighted by Gasteiger charge is -2.16. The van der Waals surface area contributed by atoms with E-state index in [0.717, 1.165) is 28.5 Å². The first-order chi connectivity index (χ1) is 10.5. The van der Waals surface area contributed by atoms with Crippen LogP contribution in [0, 0.1) is 0 Å². The Hall–Kier alpha value is -1.95. The van der Waals surface area contributed by atoms with E-state index in [-0.39, 0.29) is 18.1 Å². The summed E-state index contributed by atoms with van der Waals surface area (Å²) in [6.07, 6.45) is 0.821. The quantitative estimate of drug-likeness (QED) is 0.886. The minimum absolute atomic E-state index is 0.116. The molecule has 0 spiro atoms. The average molecular weight is 319 g/mol. The van der Waals surface area contributed by atoms with E-state index in [4.69, 9.17) is 4.74 Å². The molecule has 1 amide bonds. The summed E-state index contributed by atoms with van der Waals surface area (Å²) in [5.41, 5.74) is 1.74. The Kier molecular flexibility index (Phi) is 5.49. The van der Waals surface area contributed by atoms with E-state index in [2.05, 4.69) is 14.9 Å². The van der Waals surface area contributed by atoms with Crippen molar-refractivity contribution in [2.45, 2.75) is 46.3 Å². The lowest BCUT2D eigenvalue weighted by Crippen LogP contribution is -2.26. The normalized spacial score (nSPS) is 12.2. The van der Waals surface area contributed by atoms with Crippen LogP contribution in [0.2, 0.25) is 0 Å². The van der Waals surface area contributed by atoms with Crippen molar-refractivity contribution in [1.29, 1.82) is 0 Å². The number of nitrogens with one attached hydrogen (secondary N) is 1. The third-order valence-corrected chi connectivity index (χ3v) is 3.94. The van der Waals surface area contributed by atoms with Gasteiger partial charge in [0.25, 0.3) is 5.91 Å². The third kappa shape index (κ3) is 4.04. The Balaban J connectivity index is 2.08. The Morgan fingerprint density at radius 1 is 1.36 bits per heavy atom. The molecule has 6 heteroatoms. The Morgan fingerprint density at radius 2 is 2.14 bits per heavy atom. The zero-order valence-electron chi connectivity index (χ0n) is 13.3. The summed E-state index contributed by atoms with van der Waals surface area (Å²) in [6.45, 7) is 7.89. The Bertz CT molecular complexity index is 640. The summed E-state index contributed by atoms with van der Waals surface area (Å²) in [5, 5.41) is 6.96. The lowest BCUT2D eigenvalue weighted by molar-refractivity contribution is 0.0942. The Morgan fingerprint density at radius 3 is 2.82 bits per heavy atom. The predicted octanol–water partition coefficient (Wildman–Crippen LogP) is 3.38. The molecule has 0 unspecified atom stereocenters. The molecule has 1 N–H and O–H groups in total. The van der Waals surface area contributed by atoms with Crippen LogP contribution in [0.15, 0.2) is 24.3 Å². The van der Waals surface area contributed by atoms with Crippen molar-refractivity contribution in [3.8, 4) is 5.75 Å².